The van der Waals surface area contributed by atoms with E-state index in [1.807, 2.05) is 13.0 Å². The molecule has 6 nitrogen and oxygen atoms in total. The number of nitrogens with one attached hydrogen (secondary N) is 2. The van der Waals surface area contributed by atoms with E-state index in [4.69, 9.17) is 21.1 Å². The van der Waals surface area contributed by atoms with Crippen LogP contribution in [0.4, 0.5) is 0 Å². The summed E-state index contributed by atoms with van der Waals surface area (Å²) in [6.45, 7) is 4.06. The zero-order valence-corrected chi connectivity index (χ0v) is 16.6. The molecule has 1 unspecified atom stereocenters. The molecule has 0 saturated carbocycles. The summed E-state index contributed by atoms with van der Waals surface area (Å²) in [5.41, 5.74) is 1.06. The van der Waals surface area contributed by atoms with Gasteiger partial charge in [-0.05, 0) is 38.1 Å². The second-order valence-corrected chi connectivity index (χ2v) is 7.79. The predicted octanol–water partition coefficient (Wildman–Crippen LogP) is 2.37. The molecule has 0 spiro atoms. The highest BCUT2D eigenvalue weighted by atomic mass is 35.5. The molecule has 0 amide bonds. The van der Waals surface area contributed by atoms with Crippen LogP contribution in [0.15, 0.2) is 34.7 Å². The molecule has 0 bridgehead atoms. The summed E-state index contributed by atoms with van der Waals surface area (Å²) in [5.74, 6) is 0.260. The Morgan fingerprint density at radius 3 is 2.80 bits per heavy atom. The van der Waals surface area contributed by atoms with E-state index in [-0.39, 0.29) is 35.7 Å². The van der Waals surface area contributed by atoms with Crippen molar-refractivity contribution in [3.63, 3.8) is 0 Å². The van der Waals surface area contributed by atoms with Crippen LogP contribution in [-0.4, -0.2) is 47.9 Å². The minimum Gasteiger partial charge on any atom is -0.487 e. The molecule has 142 valence electrons. The second-order valence-electron chi connectivity index (χ2n) is 5.62. The fourth-order valence-electron chi connectivity index (χ4n) is 2.37. The van der Waals surface area contributed by atoms with Crippen LogP contribution in [0, 0.1) is 0 Å². The van der Waals surface area contributed by atoms with Gasteiger partial charge in [0.2, 0.25) is 10.0 Å². The lowest BCUT2D eigenvalue weighted by Crippen LogP contribution is -2.30. The van der Waals surface area contributed by atoms with Crippen LogP contribution in [0.5, 0.6) is 5.75 Å². The van der Waals surface area contributed by atoms with E-state index in [1.54, 1.807) is 19.2 Å². The zero-order valence-electron chi connectivity index (χ0n) is 14.2. The number of halogens is 2. The lowest BCUT2D eigenvalue weighted by Gasteiger charge is -2.18. The van der Waals surface area contributed by atoms with Crippen LogP contribution >= 0.6 is 24.0 Å². The average molecular weight is 411 g/mol. The van der Waals surface area contributed by atoms with Gasteiger partial charge in [0.15, 0.2) is 0 Å². The maximum atomic E-state index is 12.7. The molecule has 1 aliphatic heterocycles. The van der Waals surface area contributed by atoms with Crippen molar-refractivity contribution in [2.75, 3.05) is 33.4 Å². The standard InChI is InChI=1S/C16H23ClN2O4S.ClH/c1-12(11-22-2)23-15-4-3-14(17)9-16(15)24(20,21)19-10-13-5-7-18-8-6-13;/h3-5,9,12,18-19H,6-8,10-11H2,1-2H3;1H. The molecule has 1 aromatic carbocycles. The average Bonchev–Trinajstić information content (AvgIpc) is 2.56. The van der Waals surface area contributed by atoms with E-state index in [9.17, 15) is 8.42 Å². The van der Waals surface area contributed by atoms with Crippen molar-refractivity contribution in [3.05, 3.63) is 34.9 Å². The number of ether oxygens (including phenoxy) is 2. The summed E-state index contributed by atoms with van der Waals surface area (Å²) in [6, 6.07) is 4.56. The normalized spacial score (nSPS) is 15.9. The Kier molecular flexibility index (Phi) is 9.20. The van der Waals surface area contributed by atoms with Crippen LogP contribution in [0.25, 0.3) is 0 Å². The van der Waals surface area contributed by atoms with E-state index >= 15 is 0 Å². The molecular formula is C16H24Cl2N2O4S. The van der Waals surface area contributed by atoms with Crippen LogP contribution in [-0.2, 0) is 14.8 Å². The molecule has 9 heteroatoms. The van der Waals surface area contributed by atoms with Gasteiger partial charge in [-0.15, -0.1) is 12.4 Å². The summed E-state index contributed by atoms with van der Waals surface area (Å²) in [4.78, 5) is 0.0347. The van der Waals surface area contributed by atoms with E-state index in [0.29, 0.717) is 11.6 Å². The third-order valence-corrected chi connectivity index (χ3v) is 5.23. The highest BCUT2D eigenvalue weighted by Crippen LogP contribution is 2.28. The molecule has 1 aromatic rings. The van der Waals surface area contributed by atoms with E-state index in [0.717, 1.165) is 25.1 Å². The molecule has 0 fully saturated rings. The van der Waals surface area contributed by atoms with E-state index in [2.05, 4.69) is 10.0 Å². The van der Waals surface area contributed by atoms with Crippen LogP contribution in [0.1, 0.15) is 13.3 Å². The highest BCUT2D eigenvalue weighted by molar-refractivity contribution is 7.89. The second kappa shape index (κ2) is 10.4. The number of sulfonamides is 1. The Morgan fingerprint density at radius 2 is 2.16 bits per heavy atom. The van der Waals surface area contributed by atoms with Gasteiger partial charge in [-0.3, -0.25) is 0 Å². The number of hydrogen-bond acceptors (Lipinski definition) is 5. The summed E-state index contributed by atoms with van der Waals surface area (Å²) in [6.07, 6.45) is 2.55. The van der Waals surface area contributed by atoms with Gasteiger partial charge in [-0.1, -0.05) is 23.3 Å². The van der Waals surface area contributed by atoms with Crippen molar-refractivity contribution < 1.29 is 17.9 Å². The zero-order chi connectivity index (χ0) is 17.6. The summed E-state index contributed by atoms with van der Waals surface area (Å²) in [5, 5.41) is 3.53. The van der Waals surface area contributed by atoms with Gasteiger partial charge in [-0.2, -0.15) is 0 Å². The molecule has 0 aromatic heterocycles. The Morgan fingerprint density at radius 1 is 1.40 bits per heavy atom. The fraction of sp³-hybridized carbons (Fsp3) is 0.500. The molecule has 2 N–H and O–H groups in total. The van der Waals surface area contributed by atoms with Crippen LogP contribution < -0.4 is 14.8 Å². The molecule has 25 heavy (non-hydrogen) atoms. The van der Waals surface area contributed by atoms with Crippen molar-refractivity contribution in [2.24, 2.45) is 0 Å². The molecule has 0 radical (unpaired) electrons. The van der Waals surface area contributed by atoms with E-state index < -0.39 is 10.0 Å². The number of rotatable bonds is 8. The Hall–Kier alpha value is -0.830. The largest absolute Gasteiger partial charge is 0.487 e. The van der Waals surface area contributed by atoms with Gasteiger partial charge in [0, 0.05) is 25.2 Å². The van der Waals surface area contributed by atoms with Gasteiger partial charge in [0.1, 0.15) is 16.7 Å². The molecule has 0 saturated heterocycles. The first kappa shape index (κ1) is 22.2. The van der Waals surface area contributed by atoms with Gasteiger partial charge in [-0.25, -0.2) is 13.1 Å². The molecule has 1 atom stereocenters. The molecule has 1 heterocycles. The predicted molar refractivity (Wildman–Crippen MR) is 101 cm³/mol. The quantitative estimate of drug-likeness (QED) is 0.643. The minimum atomic E-state index is -3.73. The number of methoxy groups -OCH3 is 1. The third-order valence-electron chi connectivity index (χ3n) is 3.57. The molecule has 0 aliphatic carbocycles. The van der Waals surface area contributed by atoms with Gasteiger partial charge < -0.3 is 14.8 Å². The lowest BCUT2D eigenvalue weighted by atomic mass is 10.1. The van der Waals surface area contributed by atoms with Crippen molar-refractivity contribution in [1.82, 2.24) is 10.0 Å². The maximum Gasteiger partial charge on any atom is 0.244 e. The van der Waals surface area contributed by atoms with Gasteiger partial charge >= 0.3 is 0 Å². The fourth-order valence-corrected chi connectivity index (χ4v) is 3.80. The van der Waals surface area contributed by atoms with Crippen molar-refractivity contribution in [1.29, 1.82) is 0 Å². The van der Waals surface area contributed by atoms with Gasteiger partial charge in [0.05, 0.1) is 6.61 Å². The summed E-state index contributed by atoms with van der Waals surface area (Å²) >= 11 is 5.98. The van der Waals surface area contributed by atoms with Gasteiger partial charge in [0.25, 0.3) is 0 Å². The molecular weight excluding hydrogens is 387 g/mol. The number of benzene rings is 1. The van der Waals surface area contributed by atoms with Crippen LogP contribution in [0.2, 0.25) is 5.02 Å². The smallest absolute Gasteiger partial charge is 0.244 e. The first-order valence-electron chi connectivity index (χ1n) is 7.76. The Bertz CT molecular complexity index is 695. The monoisotopic (exact) mass is 410 g/mol. The highest BCUT2D eigenvalue weighted by Gasteiger charge is 2.22. The Balaban J connectivity index is 0.00000312. The first-order valence-corrected chi connectivity index (χ1v) is 9.62. The SMILES string of the molecule is COCC(C)Oc1ccc(Cl)cc1S(=O)(=O)NCC1=CCNCC1.Cl. The summed E-state index contributed by atoms with van der Waals surface area (Å²) in [7, 11) is -2.17. The van der Waals surface area contributed by atoms with E-state index in [1.165, 1.54) is 6.07 Å². The Labute approximate surface area is 160 Å². The number of hydrogen-bond donors (Lipinski definition) is 2. The van der Waals surface area contributed by atoms with Crippen molar-refractivity contribution >= 4 is 34.0 Å². The topological polar surface area (TPSA) is 76.7 Å². The minimum absolute atomic E-state index is 0. The summed E-state index contributed by atoms with van der Waals surface area (Å²) < 4.78 is 38.7. The molecule has 1 aliphatic rings. The van der Waals surface area contributed by atoms with Crippen molar-refractivity contribution in [3.8, 4) is 5.75 Å². The van der Waals surface area contributed by atoms with Crippen molar-refractivity contribution in [2.45, 2.75) is 24.3 Å². The maximum absolute atomic E-state index is 12.7. The third kappa shape index (κ3) is 6.77. The van der Waals surface area contributed by atoms with Crippen LogP contribution in [0.3, 0.4) is 0 Å². The molecule has 2 rings (SSSR count). The lowest BCUT2D eigenvalue weighted by molar-refractivity contribution is 0.0901. The first-order chi connectivity index (χ1) is 11.4.